The summed E-state index contributed by atoms with van der Waals surface area (Å²) in [6.07, 6.45) is 1.59. The average molecular weight is 357 g/mol. The zero-order valence-electron chi connectivity index (χ0n) is 14.6. The summed E-state index contributed by atoms with van der Waals surface area (Å²) < 4.78 is 0. The summed E-state index contributed by atoms with van der Waals surface area (Å²) in [5.41, 5.74) is 0.640. The number of carbonyl (C=O) groups is 1. The smallest absolute Gasteiger partial charge is 0.325 e. The van der Waals surface area contributed by atoms with Crippen LogP contribution in [0.2, 0.25) is 0 Å². The van der Waals surface area contributed by atoms with E-state index in [1.54, 1.807) is 6.92 Å². The number of aliphatic hydroxyl groups excluding tert-OH is 1. The molecular formula is C19H23N3O4. The molecule has 0 bridgehead atoms. The van der Waals surface area contributed by atoms with Gasteiger partial charge in [0.25, 0.3) is 5.56 Å². The number of aliphatic hydroxyl groups is 1. The first-order chi connectivity index (χ1) is 12.4. The fourth-order valence-corrected chi connectivity index (χ4v) is 3.42. The van der Waals surface area contributed by atoms with E-state index in [4.69, 9.17) is 0 Å². The van der Waals surface area contributed by atoms with Gasteiger partial charge in [0.05, 0.1) is 12.5 Å². The lowest BCUT2D eigenvalue weighted by atomic mass is 9.75. The molecule has 26 heavy (non-hydrogen) atoms. The lowest BCUT2D eigenvalue weighted by Crippen LogP contribution is -2.49. The number of rotatable bonds is 6. The van der Waals surface area contributed by atoms with Crippen LogP contribution in [0.4, 0.5) is 0 Å². The molecule has 0 spiro atoms. The van der Waals surface area contributed by atoms with Crippen LogP contribution in [0.3, 0.4) is 0 Å². The molecule has 7 nitrogen and oxygen atoms in total. The Morgan fingerprint density at radius 1 is 1.23 bits per heavy atom. The summed E-state index contributed by atoms with van der Waals surface area (Å²) >= 11 is 0. The number of amides is 1. The van der Waals surface area contributed by atoms with Gasteiger partial charge in [0.2, 0.25) is 5.91 Å². The van der Waals surface area contributed by atoms with Gasteiger partial charge in [-0.25, -0.2) is 4.79 Å². The van der Waals surface area contributed by atoms with Gasteiger partial charge in [-0.2, -0.15) is 0 Å². The van der Waals surface area contributed by atoms with Gasteiger partial charge in [0, 0.05) is 17.3 Å². The second kappa shape index (κ2) is 7.70. The van der Waals surface area contributed by atoms with E-state index < -0.39 is 11.2 Å². The monoisotopic (exact) mass is 357 g/mol. The van der Waals surface area contributed by atoms with Gasteiger partial charge in [0.1, 0.15) is 0 Å². The van der Waals surface area contributed by atoms with Crippen LogP contribution in [-0.2, 0) is 17.6 Å². The van der Waals surface area contributed by atoms with Crippen LogP contribution in [0.15, 0.2) is 39.9 Å². The lowest BCUT2D eigenvalue weighted by molar-refractivity contribution is -0.122. The molecule has 0 radical (unpaired) electrons. The van der Waals surface area contributed by atoms with Crippen molar-refractivity contribution in [1.82, 2.24) is 15.3 Å². The Labute approximate surface area is 150 Å². The molecule has 7 heteroatoms. The zero-order chi connectivity index (χ0) is 18.7. The molecule has 1 saturated carbocycles. The molecule has 138 valence electrons. The first-order valence-electron chi connectivity index (χ1n) is 8.76. The Kier molecular flexibility index (Phi) is 5.37. The van der Waals surface area contributed by atoms with Crippen LogP contribution in [-0.4, -0.2) is 33.1 Å². The molecule has 4 N–H and O–H groups in total. The molecule has 0 aliphatic heterocycles. The predicted molar refractivity (Wildman–Crippen MR) is 96.9 cm³/mol. The third kappa shape index (κ3) is 4.29. The minimum atomic E-state index is -0.581. The van der Waals surface area contributed by atoms with Gasteiger partial charge < -0.3 is 15.4 Å². The van der Waals surface area contributed by atoms with Gasteiger partial charge in [-0.05, 0) is 37.7 Å². The summed E-state index contributed by atoms with van der Waals surface area (Å²) in [5, 5.41) is 12.6. The summed E-state index contributed by atoms with van der Waals surface area (Å²) in [4.78, 5) is 40.4. The van der Waals surface area contributed by atoms with Crippen molar-refractivity contribution in [2.75, 3.05) is 0 Å². The highest BCUT2D eigenvalue weighted by Gasteiger charge is 2.34. The van der Waals surface area contributed by atoms with E-state index in [1.165, 1.54) is 0 Å². The molecule has 1 atom stereocenters. The van der Waals surface area contributed by atoms with E-state index in [2.05, 4.69) is 15.3 Å². The third-order valence-corrected chi connectivity index (χ3v) is 4.96. The number of hydrogen-bond acceptors (Lipinski definition) is 4. The maximum atomic E-state index is 12.5. The minimum Gasteiger partial charge on any atom is -0.393 e. The van der Waals surface area contributed by atoms with Gasteiger partial charge in [0.15, 0.2) is 0 Å². The lowest BCUT2D eigenvalue weighted by Gasteiger charge is -2.38. The number of carbonyl (C=O) groups excluding carboxylic acids is 1. The van der Waals surface area contributed by atoms with Crippen molar-refractivity contribution in [2.45, 2.75) is 44.8 Å². The molecule has 1 fully saturated rings. The predicted octanol–water partition coefficient (Wildman–Crippen LogP) is 0.413. The highest BCUT2D eigenvalue weighted by molar-refractivity contribution is 5.79. The minimum absolute atomic E-state index is 0.0987. The maximum absolute atomic E-state index is 12.5. The number of nitrogens with one attached hydrogen (secondary N) is 3. The molecule has 0 unspecified atom stereocenters. The standard InChI is InChI=1S/C19H23N3O4/c1-11-15(18(25)22-19(26)20-11)10-17(24)21-16(13-8-14(23)9-13)7-12-5-3-2-4-6-12/h2-6,13-14,16,23H,7-10H2,1H3,(H,21,24)(H2,20,22,25,26)/t13?,14?,16-/m1/s1. The quantitative estimate of drug-likeness (QED) is 0.599. The SMILES string of the molecule is Cc1[nH]c(=O)[nH]c(=O)c1CC(=O)N[C@H](Cc1ccccc1)C1CC(O)C1. The largest absolute Gasteiger partial charge is 0.393 e. The van der Waals surface area contributed by atoms with E-state index in [1.807, 2.05) is 30.3 Å². The third-order valence-electron chi connectivity index (χ3n) is 4.96. The van der Waals surface area contributed by atoms with Crippen molar-refractivity contribution in [2.24, 2.45) is 5.92 Å². The van der Waals surface area contributed by atoms with Crippen molar-refractivity contribution in [3.05, 3.63) is 68.0 Å². The summed E-state index contributed by atoms with van der Waals surface area (Å²) in [6, 6.07) is 9.75. The molecule has 3 rings (SSSR count). The Morgan fingerprint density at radius 2 is 1.92 bits per heavy atom. The van der Waals surface area contributed by atoms with Crippen molar-refractivity contribution in [3.63, 3.8) is 0 Å². The van der Waals surface area contributed by atoms with Crippen molar-refractivity contribution >= 4 is 5.91 Å². The highest BCUT2D eigenvalue weighted by Crippen LogP contribution is 2.31. The second-order valence-corrected chi connectivity index (χ2v) is 6.94. The summed E-state index contributed by atoms with van der Waals surface area (Å²) in [6.45, 7) is 1.60. The van der Waals surface area contributed by atoms with Crippen molar-refractivity contribution in [1.29, 1.82) is 0 Å². The first kappa shape index (κ1) is 18.1. The van der Waals surface area contributed by atoms with Crippen molar-refractivity contribution < 1.29 is 9.90 Å². The average Bonchev–Trinajstić information content (AvgIpc) is 2.55. The number of aromatic nitrogens is 2. The number of aryl methyl sites for hydroxylation is 1. The van der Waals surface area contributed by atoms with Crippen LogP contribution in [0, 0.1) is 12.8 Å². The molecule has 1 aliphatic carbocycles. The first-order valence-corrected chi connectivity index (χ1v) is 8.76. The topological polar surface area (TPSA) is 115 Å². The van der Waals surface area contributed by atoms with Crippen LogP contribution >= 0.6 is 0 Å². The Hall–Kier alpha value is -2.67. The van der Waals surface area contributed by atoms with Gasteiger partial charge >= 0.3 is 5.69 Å². The van der Waals surface area contributed by atoms with Crippen molar-refractivity contribution in [3.8, 4) is 0 Å². The maximum Gasteiger partial charge on any atom is 0.325 e. The van der Waals surface area contributed by atoms with Gasteiger partial charge in [-0.15, -0.1) is 0 Å². The Balaban J connectivity index is 1.71. The highest BCUT2D eigenvalue weighted by atomic mass is 16.3. The molecule has 1 aromatic heterocycles. The van der Waals surface area contributed by atoms with E-state index in [9.17, 15) is 19.5 Å². The van der Waals surface area contributed by atoms with E-state index in [0.717, 1.165) is 5.56 Å². The number of aromatic amines is 2. The van der Waals surface area contributed by atoms with Gasteiger partial charge in [-0.1, -0.05) is 30.3 Å². The van der Waals surface area contributed by atoms with E-state index in [-0.39, 0.29) is 36.0 Å². The molecule has 1 aliphatic rings. The molecule has 2 aromatic rings. The molecule has 1 amide bonds. The number of H-pyrrole nitrogens is 2. The fraction of sp³-hybridized carbons (Fsp3) is 0.421. The number of hydrogen-bond donors (Lipinski definition) is 4. The summed E-state index contributed by atoms with van der Waals surface area (Å²) in [5.74, 6) is -0.0583. The van der Waals surface area contributed by atoms with Crippen LogP contribution in [0.5, 0.6) is 0 Å². The van der Waals surface area contributed by atoms with Gasteiger partial charge in [-0.3, -0.25) is 14.6 Å². The zero-order valence-corrected chi connectivity index (χ0v) is 14.6. The normalized spacial score (nSPS) is 20.2. The van der Waals surface area contributed by atoms with Crippen LogP contribution in [0.25, 0.3) is 0 Å². The molecule has 1 heterocycles. The Morgan fingerprint density at radius 3 is 2.54 bits per heavy atom. The van der Waals surface area contributed by atoms with Crippen LogP contribution < -0.4 is 16.6 Å². The second-order valence-electron chi connectivity index (χ2n) is 6.94. The summed E-state index contributed by atoms with van der Waals surface area (Å²) in [7, 11) is 0. The number of benzene rings is 1. The van der Waals surface area contributed by atoms with E-state index >= 15 is 0 Å². The molecule has 0 saturated heterocycles. The fourth-order valence-electron chi connectivity index (χ4n) is 3.42. The molecule has 1 aromatic carbocycles. The van der Waals surface area contributed by atoms with E-state index in [0.29, 0.717) is 25.0 Å². The molecular weight excluding hydrogens is 334 g/mol. The Bertz CT molecular complexity index is 882. The van der Waals surface area contributed by atoms with Crippen LogP contribution in [0.1, 0.15) is 29.7 Å².